The van der Waals surface area contributed by atoms with Crippen LogP contribution in [0.5, 0.6) is 5.75 Å². The highest BCUT2D eigenvalue weighted by molar-refractivity contribution is 5.83. The third-order valence-corrected chi connectivity index (χ3v) is 3.50. The van der Waals surface area contributed by atoms with Crippen molar-refractivity contribution in [1.82, 2.24) is 5.43 Å². The van der Waals surface area contributed by atoms with Crippen LogP contribution in [0, 0.1) is 13.8 Å². The van der Waals surface area contributed by atoms with Crippen molar-refractivity contribution in [3.8, 4) is 5.75 Å². The van der Waals surface area contributed by atoms with E-state index >= 15 is 0 Å². The lowest BCUT2D eigenvalue weighted by Crippen LogP contribution is -2.24. The second-order valence-electron chi connectivity index (χ2n) is 5.84. The maximum Gasteiger partial charge on any atom is 0.277 e. The zero-order valence-corrected chi connectivity index (χ0v) is 14.5. The van der Waals surface area contributed by atoms with Crippen molar-refractivity contribution in [3.05, 3.63) is 59.2 Å². The van der Waals surface area contributed by atoms with Crippen molar-refractivity contribution in [2.24, 2.45) is 5.10 Å². The van der Waals surface area contributed by atoms with Gasteiger partial charge in [0.2, 0.25) is 0 Å². The Morgan fingerprint density at radius 2 is 1.88 bits per heavy atom. The minimum absolute atomic E-state index is 0.0686. The summed E-state index contributed by atoms with van der Waals surface area (Å²) in [4.78, 5) is 13.8. The highest BCUT2D eigenvalue weighted by atomic mass is 16.5. The molecule has 0 unspecified atom stereocenters. The van der Waals surface area contributed by atoms with E-state index in [1.54, 1.807) is 6.21 Å². The monoisotopic (exact) mass is 325 g/mol. The summed E-state index contributed by atoms with van der Waals surface area (Å²) >= 11 is 0. The molecule has 2 aromatic rings. The smallest absolute Gasteiger partial charge is 0.277 e. The molecule has 0 atom stereocenters. The van der Waals surface area contributed by atoms with E-state index in [0.29, 0.717) is 5.75 Å². The van der Waals surface area contributed by atoms with Crippen LogP contribution in [0.1, 0.15) is 16.7 Å². The Bertz CT molecular complexity index is 722. The van der Waals surface area contributed by atoms with Gasteiger partial charge in [-0.1, -0.05) is 29.8 Å². The molecule has 0 bridgehead atoms. The van der Waals surface area contributed by atoms with Crippen LogP contribution in [-0.4, -0.2) is 32.8 Å². The van der Waals surface area contributed by atoms with Gasteiger partial charge in [-0.3, -0.25) is 4.79 Å². The Morgan fingerprint density at radius 3 is 2.50 bits per heavy atom. The number of benzene rings is 2. The molecule has 2 aromatic carbocycles. The number of hydrazone groups is 1. The van der Waals surface area contributed by atoms with Crippen LogP contribution in [-0.2, 0) is 4.79 Å². The van der Waals surface area contributed by atoms with Crippen LogP contribution in [0.3, 0.4) is 0 Å². The van der Waals surface area contributed by atoms with Gasteiger partial charge in [0.25, 0.3) is 5.91 Å². The van der Waals surface area contributed by atoms with E-state index in [-0.39, 0.29) is 12.5 Å². The molecule has 0 aliphatic heterocycles. The van der Waals surface area contributed by atoms with Crippen LogP contribution in [0.25, 0.3) is 0 Å². The normalized spacial score (nSPS) is 10.7. The van der Waals surface area contributed by atoms with Crippen LogP contribution in [0.2, 0.25) is 0 Å². The molecule has 5 heteroatoms. The number of hydrogen-bond donors (Lipinski definition) is 1. The Morgan fingerprint density at radius 1 is 1.17 bits per heavy atom. The molecule has 5 nitrogen and oxygen atoms in total. The van der Waals surface area contributed by atoms with E-state index < -0.39 is 0 Å². The van der Waals surface area contributed by atoms with Gasteiger partial charge in [-0.15, -0.1) is 0 Å². The maximum absolute atomic E-state index is 11.8. The molecule has 1 N–H and O–H groups in total. The number of amides is 1. The zero-order chi connectivity index (χ0) is 17.5. The Kier molecular flexibility index (Phi) is 5.95. The van der Waals surface area contributed by atoms with Crippen molar-refractivity contribution in [3.63, 3.8) is 0 Å². The number of aryl methyl sites for hydroxylation is 2. The largest absolute Gasteiger partial charge is 0.483 e. The van der Waals surface area contributed by atoms with Gasteiger partial charge in [0, 0.05) is 19.8 Å². The van der Waals surface area contributed by atoms with E-state index in [9.17, 15) is 4.79 Å². The van der Waals surface area contributed by atoms with Crippen molar-refractivity contribution in [2.75, 3.05) is 25.6 Å². The molecule has 0 radical (unpaired) electrons. The van der Waals surface area contributed by atoms with E-state index in [2.05, 4.69) is 10.5 Å². The van der Waals surface area contributed by atoms with E-state index in [1.807, 2.05) is 75.3 Å². The van der Waals surface area contributed by atoms with Gasteiger partial charge in [0.15, 0.2) is 6.61 Å². The van der Waals surface area contributed by atoms with Crippen LogP contribution >= 0.6 is 0 Å². The van der Waals surface area contributed by atoms with E-state index in [1.165, 1.54) is 0 Å². The molecule has 2 rings (SSSR count). The fraction of sp³-hybridized carbons (Fsp3) is 0.263. The molecule has 24 heavy (non-hydrogen) atoms. The Labute approximate surface area is 142 Å². The number of ether oxygens (including phenoxy) is 1. The SMILES string of the molecule is Cc1ccc(OCC(=O)NN=Cc2ccc(N(C)C)cc2)c(C)c1. The molecule has 0 saturated carbocycles. The van der Waals surface area contributed by atoms with Crippen LogP contribution in [0.15, 0.2) is 47.6 Å². The molecule has 0 saturated heterocycles. The summed E-state index contributed by atoms with van der Waals surface area (Å²) in [6.07, 6.45) is 1.61. The molecule has 0 aliphatic carbocycles. The molecule has 0 aromatic heterocycles. The average molecular weight is 325 g/mol. The minimum atomic E-state index is -0.295. The molecule has 126 valence electrons. The van der Waals surface area contributed by atoms with Gasteiger partial charge in [-0.2, -0.15) is 5.10 Å². The lowest BCUT2D eigenvalue weighted by atomic mass is 10.1. The zero-order valence-electron chi connectivity index (χ0n) is 14.5. The topological polar surface area (TPSA) is 53.9 Å². The number of carbonyl (C=O) groups is 1. The van der Waals surface area contributed by atoms with Gasteiger partial charge in [0.05, 0.1) is 6.21 Å². The average Bonchev–Trinajstić information content (AvgIpc) is 2.54. The van der Waals surface area contributed by atoms with Gasteiger partial charge in [-0.25, -0.2) is 5.43 Å². The standard InChI is InChI=1S/C19H23N3O2/c1-14-5-10-18(15(2)11-14)24-13-19(23)21-20-12-16-6-8-17(9-7-16)22(3)4/h5-12H,13H2,1-4H3,(H,21,23). The summed E-state index contributed by atoms with van der Waals surface area (Å²) < 4.78 is 5.51. The second-order valence-corrected chi connectivity index (χ2v) is 5.84. The lowest BCUT2D eigenvalue weighted by Gasteiger charge is -2.11. The highest BCUT2D eigenvalue weighted by Gasteiger charge is 2.04. The molecule has 0 spiro atoms. The predicted octanol–water partition coefficient (Wildman–Crippen LogP) is 2.90. The van der Waals surface area contributed by atoms with Crippen molar-refractivity contribution in [2.45, 2.75) is 13.8 Å². The van der Waals surface area contributed by atoms with E-state index in [0.717, 1.165) is 22.4 Å². The number of nitrogens with zero attached hydrogens (tertiary/aromatic N) is 2. The lowest BCUT2D eigenvalue weighted by molar-refractivity contribution is -0.123. The molecular weight excluding hydrogens is 302 g/mol. The first-order valence-corrected chi connectivity index (χ1v) is 7.75. The highest BCUT2D eigenvalue weighted by Crippen LogP contribution is 2.18. The molecule has 1 amide bonds. The summed E-state index contributed by atoms with van der Waals surface area (Å²) in [6, 6.07) is 13.7. The van der Waals surface area contributed by atoms with Gasteiger partial charge in [0.1, 0.15) is 5.75 Å². The summed E-state index contributed by atoms with van der Waals surface area (Å²) in [6.45, 7) is 3.90. The number of anilines is 1. The van der Waals surface area contributed by atoms with E-state index in [4.69, 9.17) is 4.74 Å². The van der Waals surface area contributed by atoms with Crippen LogP contribution < -0.4 is 15.1 Å². The quantitative estimate of drug-likeness (QED) is 0.656. The number of nitrogens with one attached hydrogen (secondary N) is 1. The fourth-order valence-corrected chi connectivity index (χ4v) is 2.17. The van der Waals surface area contributed by atoms with Gasteiger partial charge >= 0.3 is 0 Å². The molecular formula is C19H23N3O2. The molecule has 0 fully saturated rings. The first kappa shape index (κ1) is 17.5. The first-order chi connectivity index (χ1) is 11.5. The number of rotatable bonds is 6. The fourth-order valence-electron chi connectivity index (χ4n) is 2.17. The first-order valence-electron chi connectivity index (χ1n) is 7.75. The van der Waals surface area contributed by atoms with Crippen molar-refractivity contribution >= 4 is 17.8 Å². The van der Waals surface area contributed by atoms with Crippen molar-refractivity contribution < 1.29 is 9.53 Å². The Balaban J connectivity index is 1.82. The van der Waals surface area contributed by atoms with Gasteiger partial charge < -0.3 is 9.64 Å². The van der Waals surface area contributed by atoms with Gasteiger partial charge in [-0.05, 0) is 43.2 Å². The second kappa shape index (κ2) is 8.15. The summed E-state index contributed by atoms with van der Waals surface area (Å²) in [5.41, 5.74) is 6.66. The number of carbonyl (C=O) groups excluding carboxylic acids is 1. The summed E-state index contributed by atoms with van der Waals surface area (Å²) in [7, 11) is 3.97. The molecule has 0 aliphatic rings. The summed E-state index contributed by atoms with van der Waals surface area (Å²) in [5, 5.41) is 3.95. The predicted molar refractivity (Wildman–Crippen MR) is 97.9 cm³/mol. The third kappa shape index (κ3) is 5.12. The molecule has 0 heterocycles. The maximum atomic E-state index is 11.8. The minimum Gasteiger partial charge on any atom is -0.483 e. The van der Waals surface area contributed by atoms with Crippen LogP contribution in [0.4, 0.5) is 5.69 Å². The summed E-state index contributed by atoms with van der Waals surface area (Å²) in [5.74, 6) is 0.412. The Hall–Kier alpha value is -2.82. The number of hydrogen-bond acceptors (Lipinski definition) is 4. The third-order valence-electron chi connectivity index (χ3n) is 3.50. The van der Waals surface area contributed by atoms with Crippen molar-refractivity contribution in [1.29, 1.82) is 0 Å².